The number of carbonyl (C=O) groups excluding carboxylic acids is 1. The Morgan fingerprint density at radius 3 is 2.76 bits per heavy atom. The van der Waals surface area contributed by atoms with Gasteiger partial charge in [0.05, 0.1) is 11.3 Å². The molecule has 1 heterocycles. The molecular weight excluding hydrogens is 288 g/mol. The molecule has 0 aliphatic heterocycles. The van der Waals surface area contributed by atoms with E-state index in [4.69, 9.17) is 0 Å². The lowest BCUT2D eigenvalue weighted by atomic mass is 10.1. The van der Waals surface area contributed by atoms with E-state index in [2.05, 4.69) is 10.3 Å². The summed E-state index contributed by atoms with van der Waals surface area (Å²) in [5, 5.41) is 3.83. The fraction of sp³-hybridized carbons (Fsp3) is 0.333. The highest BCUT2D eigenvalue weighted by molar-refractivity contribution is 7.90. The molecule has 0 radical (unpaired) electrons. The van der Waals surface area contributed by atoms with E-state index < -0.39 is 9.84 Å². The average molecular weight is 306 g/mol. The Bertz CT molecular complexity index is 736. The first kappa shape index (κ1) is 15.4. The minimum Gasteiger partial charge on any atom is -0.352 e. The van der Waals surface area contributed by atoms with Gasteiger partial charge < -0.3 is 5.32 Å². The summed E-state index contributed by atoms with van der Waals surface area (Å²) in [6, 6.07) is 9.61. The van der Waals surface area contributed by atoms with Crippen molar-refractivity contribution in [3.8, 4) is 0 Å². The molecule has 0 saturated heterocycles. The molecule has 0 saturated carbocycles. The van der Waals surface area contributed by atoms with Crippen LogP contribution in [0.25, 0.3) is 10.9 Å². The van der Waals surface area contributed by atoms with Gasteiger partial charge in [-0.1, -0.05) is 18.2 Å². The maximum atomic E-state index is 11.7. The number of hydrogen-bond donors (Lipinski definition) is 1. The topological polar surface area (TPSA) is 76.1 Å². The molecule has 0 unspecified atom stereocenters. The SMILES string of the molecule is CS(=O)(=O)CCCC(=O)NCc1ccnc2ccccc12. The maximum Gasteiger partial charge on any atom is 0.220 e. The predicted octanol–water partition coefficient (Wildman–Crippen LogP) is 1.68. The van der Waals surface area contributed by atoms with Crippen LogP contribution in [0.1, 0.15) is 18.4 Å². The summed E-state index contributed by atoms with van der Waals surface area (Å²) in [4.78, 5) is 16.0. The molecule has 0 spiro atoms. The quantitative estimate of drug-likeness (QED) is 0.881. The molecular formula is C15H18N2O3S. The zero-order chi connectivity index (χ0) is 15.3. The molecule has 0 atom stereocenters. The average Bonchev–Trinajstić information content (AvgIpc) is 2.43. The van der Waals surface area contributed by atoms with Crippen LogP contribution < -0.4 is 5.32 Å². The number of benzene rings is 1. The van der Waals surface area contributed by atoms with E-state index in [1.165, 1.54) is 6.26 Å². The van der Waals surface area contributed by atoms with Gasteiger partial charge >= 0.3 is 0 Å². The molecule has 21 heavy (non-hydrogen) atoms. The van der Waals surface area contributed by atoms with Crippen LogP contribution >= 0.6 is 0 Å². The van der Waals surface area contributed by atoms with Crippen molar-refractivity contribution < 1.29 is 13.2 Å². The number of sulfone groups is 1. The summed E-state index contributed by atoms with van der Waals surface area (Å²) in [6.07, 6.45) is 3.46. The second-order valence-electron chi connectivity index (χ2n) is 5.00. The number of nitrogens with zero attached hydrogens (tertiary/aromatic N) is 1. The summed E-state index contributed by atoms with van der Waals surface area (Å²) in [5.74, 6) is -0.0990. The van der Waals surface area contributed by atoms with Gasteiger partial charge in [-0.3, -0.25) is 9.78 Å². The van der Waals surface area contributed by atoms with Crippen molar-refractivity contribution in [1.82, 2.24) is 10.3 Å². The number of para-hydroxylation sites is 1. The third-order valence-electron chi connectivity index (χ3n) is 3.13. The van der Waals surface area contributed by atoms with Gasteiger partial charge in [-0.25, -0.2) is 8.42 Å². The number of hydrogen-bond acceptors (Lipinski definition) is 4. The Morgan fingerprint density at radius 2 is 2.00 bits per heavy atom. The van der Waals surface area contributed by atoms with Crippen molar-refractivity contribution in [2.45, 2.75) is 19.4 Å². The second-order valence-corrected chi connectivity index (χ2v) is 7.26. The van der Waals surface area contributed by atoms with Gasteiger partial charge in [0.25, 0.3) is 0 Å². The Balaban J connectivity index is 1.91. The zero-order valence-electron chi connectivity index (χ0n) is 11.9. The summed E-state index contributed by atoms with van der Waals surface area (Å²) in [6.45, 7) is 0.417. The van der Waals surface area contributed by atoms with Crippen molar-refractivity contribution in [2.24, 2.45) is 0 Å². The Labute approximate surface area is 124 Å². The monoisotopic (exact) mass is 306 g/mol. The van der Waals surface area contributed by atoms with Crippen molar-refractivity contribution >= 4 is 26.6 Å². The first-order valence-electron chi connectivity index (χ1n) is 6.73. The number of aromatic nitrogens is 1. The molecule has 112 valence electrons. The lowest BCUT2D eigenvalue weighted by Gasteiger charge is -2.08. The van der Waals surface area contributed by atoms with Crippen LogP contribution in [0.15, 0.2) is 36.5 Å². The van der Waals surface area contributed by atoms with E-state index in [-0.39, 0.29) is 18.1 Å². The summed E-state index contributed by atoms with van der Waals surface area (Å²) in [5.41, 5.74) is 1.89. The number of pyridine rings is 1. The van der Waals surface area contributed by atoms with E-state index in [1.54, 1.807) is 6.20 Å². The normalized spacial score (nSPS) is 11.5. The molecule has 0 aliphatic carbocycles. The molecule has 0 fully saturated rings. The van der Waals surface area contributed by atoms with Crippen molar-refractivity contribution in [2.75, 3.05) is 12.0 Å². The van der Waals surface area contributed by atoms with E-state index >= 15 is 0 Å². The van der Waals surface area contributed by atoms with Crippen molar-refractivity contribution in [1.29, 1.82) is 0 Å². The first-order valence-corrected chi connectivity index (χ1v) is 8.79. The highest BCUT2D eigenvalue weighted by Gasteiger charge is 2.07. The molecule has 5 nitrogen and oxygen atoms in total. The third kappa shape index (κ3) is 4.82. The second kappa shape index (κ2) is 6.67. The minimum atomic E-state index is -3.00. The van der Waals surface area contributed by atoms with Crippen LogP contribution in [0.4, 0.5) is 0 Å². The Hall–Kier alpha value is -1.95. The lowest BCUT2D eigenvalue weighted by molar-refractivity contribution is -0.121. The molecule has 1 aromatic carbocycles. The van der Waals surface area contributed by atoms with Gasteiger partial charge in [0.15, 0.2) is 0 Å². The van der Waals surface area contributed by atoms with E-state index in [0.29, 0.717) is 13.0 Å². The molecule has 0 bridgehead atoms. The molecule has 6 heteroatoms. The Morgan fingerprint density at radius 1 is 1.24 bits per heavy atom. The number of fused-ring (bicyclic) bond motifs is 1. The molecule has 2 aromatic rings. The number of carbonyl (C=O) groups is 1. The van der Waals surface area contributed by atoms with Crippen molar-refractivity contribution in [3.63, 3.8) is 0 Å². The van der Waals surface area contributed by atoms with Gasteiger partial charge in [0.1, 0.15) is 9.84 Å². The smallest absolute Gasteiger partial charge is 0.220 e. The highest BCUT2D eigenvalue weighted by Crippen LogP contribution is 2.15. The van der Waals surface area contributed by atoms with Gasteiger partial charge in [0.2, 0.25) is 5.91 Å². The van der Waals surface area contributed by atoms with Crippen LogP contribution in [0, 0.1) is 0 Å². The van der Waals surface area contributed by atoms with E-state index in [1.807, 2.05) is 30.3 Å². The molecule has 1 amide bonds. The summed E-state index contributed by atoms with van der Waals surface area (Å²) >= 11 is 0. The number of nitrogens with one attached hydrogen (secondary N) is 1. The number of rotatable bonds is 6. The Kier molecular flexibility index (Phi) is 4.90. The fourth-order valence-electron chi connectivity index (χ4n) is 2.09. The summed E-state index contributed by atoms with van der Waals surface area (Å²) < 4.78 is 22.0. The lowest BCUT2D eigenvalue weighted by Crippen LogP contribution is -2.23. The van der Waals surface area contributed by atoms with E-state index in [9.17, 15) is 13.2 Å². The largest absolute Gasteiger partial charge is 0.352 e. The number of amides is 1. The van der Waals surface area contributed by atoms with Gasteiger partial charge in [0, 0.05) is 30.8 Å². The maximum absolute atomic E-state index is 11.7. The minimum absolute atomic E-state index is 0.0403. The third-order valence-corrected chi connectivity index (χ3v) is 4.16. The first-order chi connectivity index (χ1) is 9.96. The molecule has 1 N–H and O–H groups in total. The zero-order valence-corrected chi connectivity index (χ0v) is 12.7. The van der Waals surface area contributed by atoms with Crippen LogP contribution in [0.5, 0.6) is 0 Å². The predicted molar refractivity (Wildman–Crippen MR) is 82.5 cm³/mol. The molecule has 2 rings (SSSR count). The van der Waals surface area contributed by atoms with Crippen LogP contribution in [-0.2, 0) is 21.2 Å². The molecule has 0 aliphatic rings. The fourth-order valence-corrected chi connectivity index (χ4v) is 2.76. The van der Waals surface area contributed by atoms with Gasteiger partial charge in [-0.2, -0.15) is 0 Å². The van der Waals surface area contributed by atoms with Crippen LogP contribution in [0.2, 0.25) is 0 Å². The highest BCUT2D eigenvalue weighted by atomic mass is 32.2. The standard InChI is InChI=1S/C15H18N2O3S/c1-21(19,20)10-4-7-15(18)17-11-12-8-9-16-14-6-3-2-5-13(12)14/h2-3,5-6,8-9H,4,7,10-11H2,1H3,(H,17,18). The molecule has 1 aromatic heterocycles. The van der Waals surface area contributed by atoms with Gasteiger partial charge in [-0.15, -0.1) is 0 Å². The van der Waals surface area contributed by atoms with Crippen molar-refractivity contribution in [3.05, 3.63) is 42.1 Å². The summed E-state index contributed by atoms with van der Waals surface area (Å²) in [7, 11) is -3.00. The van der Waals surface area contributed by atoms with Crippen LogP contribution in [-0.4, -0.2) is 31.3 Å². The van der Waals surface area contributed by atoms with E-state index in [0.717, 1.165) is 16.5 Å². The van der Waals surface area contributed by atoms with Crippen LogP contribution in [0.3, 0.4) is 0 Å². The van der Waals surface area contributed by atoms with Gasteiger partial charge in [-0.05, 0) is 24.1 Å².